The zero-order valence-electron chi connectivity index (χ0n) is 17.3. The Morgan fingerprint density at radius 2 is 1.83 bits per heavy atom. The van der Waals surface area contributed by atoms with E-state index in [9.17, 15) is 9.90 Å². The fourth-order valence-corrected chi connectivity index (χ4v) is 5.06. The number of carbonyl (C=O) groups excluding carboxylic acids is 1. The molecular formula is C25H29N3O2. The summed E-state index contributed by atoms with van der Waals surface area (Å²) in [7, 11) is 0. The molecule has 0 radical (unpaired) electrons. The van der Waals surface area contributed by atoms with Gasteiger partial charge in [0, 0.05) is 55.7 Å². The number of aliphatic hydroxyl groups is 1. The summed E-state index contributed by atoms with van der Waals surface area (Å²) in [6.45, 7) is 3.45. The number of β-amino-alcohol motifs (C(OH)–C–C–N with tert-alkyl or cyclic N) is 1. The molecule has 1 aromatic heterocycles. The van der Waals surface area contributed by atoms with Gasteiger partial charge in [-0.2, -0.15) is 0 Å². The van der Waals surface area contributed by atoms with E-state index in [1.54, 1.807) is 0 Å². The molecule has 1 fully saturated rings. The predicted octanol–water partition coefficient (Wildman–Crippen LogP) is 3.12. The Morgan fingerprint density at radius 3 is 2.70 bits per heavy atom. The fourth-order valence-electron chi connectivity index (χ4n) is 5.06. The molecule has 0 unspecified atom stereocenters. The van der Waals surface area contributed by atoms with E-state index >= 15 is 0 Å². The minimum Gasteiger partial charge on any atom is -0.379 e. The van der Waals surface area contributed by atoms with Gasteiger partial charge in [0.15, 0.2) is 5.60 Å². The van der Waals surface area contributed by atoms with Crippen molar-refractivity contribution in [2.45, 2.75) is 37.8 Å². The SMILES string of the molecule is O=C1N(CCc2ccccc2)CCC[C@]1(O)CN1CCc2[nH]c3ccccc3c2C1. The van der Waals surface area contributed by atoms with Crippen molar-refractivity contribution >= 4 is 16.8 Å². The molecule has 3 aromatic rings. The zero-order valence-corrected chi connectivity index (χ0v) is 17.3. The number of fused-ring (bicyclic) bond motifs is 3. The van der Waals surface area contributed by atoms with E-state index in [0.29, 0.717) is 19.5 Å². The van der Waals surface area contributed by atoms with Crippen molar-refractivity contribution in [2.75, 3.05) is 26.2 Å². The summed E-state index contributed by atoms with van der Waals surface area (Å²) in [6, 6.07) is 18.6. The molecule has 2 aliphatic rings. The number of H-pyrrole nitrogens is 1. The number of piperidine rings is 1. The van der Waals surface area contributed by atoms with Gasteiger partial charge in [-0.05, 0) is 36.5 Å². The quantitative estimate of drug-likeness (QED) is 0.688. The van der Waals surface area contributed by atoms with Crippen LogP contribution < -0.4 is 0 Å². The van der Waals surface area contributed by atoms with Crippen LogP contribution in [0.4, 0.5) is 0 Å². The standard InChI is InChI=1S/C25H29N3O2/c29-24-25(30,13-6-14-28(24)16-11-19-7-2-1-3-8-19)18-27-15-12-23-21(17-27)20-9-4-5-10-22(20)26-23/h1-5,7-10,26,30H,6,11-18H2/t25-/m0/s1. The number of benzene rings is 2. The van der Waals surface area contributed by atoms with Gasteiger partial charge in [0.1, 0.15) is 0 Å². The smallest absolute Gasteiger partial charge is 0.255 e. The minimum absolute atomic E-state index is 0.102. The molecule has 5 nitrogen and oxygen atoms in total. The van der Waals surface area contributed by atoms with Gasteiger partial charge in [0.2, 0.25) is 0 Å². The number of para-hydroxylation sites is 1. The number of carbonyl (C=O) groups is 1. The van der Waals surface area contributed by atoms with E-state index in [-0.39, 0.29) is 5.91 Å². The number of likely N-dealkylation sites (tertiary alicyclic amines) is 1. The number of aromatic nitrogens is 1. The van der Waals surface area contributed by atoms with Crippen molar-refractivity contribution in [3.8, 4) is 0 Å². The number of nitrogens with zero attached hydrogens (tertiary/aromatic N) is 2. The van der Waals surface area contributed by atoms with Crippen LogP contribution in [-0.4, -0.2) is 57.6 Å². The van der Waals surface area contributed by atoms with Gasteiger partial charge >= 0.3 is 0 Å². The normalized spacial score (nSPS) is 22.4. The van der Waals surface area contributed by atoms with Crippen molar-refractivity contribution in [2.24, 2.45) is 0 Å². The highest BCUT2D eigenvalue weighted by molar-refractivity contribution is 5.86. The summed E-state index contributed by atoms with van der Waals surface area (Å²) in [5, 5.41) is 12.6. The molecule has 2 aliphatic heterocycles. The first-order chi connectivity index (χ1) is 14.6. The Morgan fingerprint density at radius 1 is 1.03 bits per heavy atom. The lowest BCUT2D eigenvalue weighted by Crippen LogP contribution is -2.59. The van der Waals surface area contributed by atoms with E-state index in [1.165, 1.54) is 27.7 Å². The first kappa shape index (κ1) is 19.3. The van der Waals surface area contributed by atoms with Gasteiger partial charge in [0.05, 0.1) is 0 Å². The Bertz CT molecular complexity index is 1040. The van der Waals surface area contributed by atoms with Crippen LogP contribution in [0.1, 0.15) is 29.7 Å². The first-order valence-electron chi connectivity index (χ1n) is 11.0. The Kier molecular flexibility index (Phi) is 5.09. The number of hydrogen-bond acceptors (Lipinski definition) is 3. The second-order valence-corrected chi connectivity index (χ2v) is 8.75. The lowest BCUT2D eigenvalue weighted by Gasteiger charge is -2.41. The number of amides is 1. The largest absolute Gasteiger partial charge is 0.379 e. The molecule has 1 saturated heterocycles. The van der Waals surface area contributed by atoms with Crippen LogP contribution >= 0.6 is 0 Å². The van der Waals surface area contributed by atoms with Crippen LogP contribution in [0.25, 0.3) is 10.9 Å². The molecule has 5 heteroatoms. The summed E-state index contributed by atoms with van der Waals surface area (Å²) >= 11 is 0. The molecule has 156 valence electrons. The summed E-state index contributed by atoms with van der Waals surface area (Å²) in [5.74, 6) is -0.102. The van der Waals surface area contributed by atoms with Gasteiger partial charge in [0.25, 0.3) is 5.91 Å². The van der Waals surface area contributed by atoms with Crippen molar-refractivity contribution in [1.29, 1.82) is 0 Å². The van der Waals surface area contributed by atoms with E-state index in [1.807, 2.05) is 23.1 Å². The third-order valence-electron chi connectivity index (χ3n) is 6.66. The number of rotatable bonds is 5. The van der Waals surface area contributed by atoms with Crippen LogP contribution in [0.15, 0.2) is 54.6 Å². The Hall–Kier alpha value is -2.63. The van der Waals surface area contributed by atoms with Gasteiger partial charge in [-0.3, -0.25) is 9.69 Å². The first-order valence-corrected chi connectivity index (χ1v) is 11.0. The van der Waals surface area contributed by atoms with E-state index in [2.05, 4.69) is 46.3 Å². The monoisotopic (exact) mass is 403 g/mol. The zero-order chi connectivity index (χ0) is 20.6. The lowest BCUT2D eigenvalue weighted by atomic mass is 9.90. The van der Waals surface area contributed by atoms with Crippen LogP contribution in [-0.2, 0) is 24.2 Å². The molecule has 1 atom stereocenters. The van der Waals surface area contributed by atoms with Gasteiger partial charge in [-0.15, -0.1) is 0 Å². The highest BCUT2D eigenvalue weighted by Crippen LogP contribution is 2.30. The Labute approximate surface area is 177 Å². The number of aromatic amines is 1. The molecule has 1 amide bonds. The molecule has 0 saturated carbocycles. The van der Waals surface area contributed by atoms with Gasteiger partial charge < -0.3 is 15.0 Å². The topological polar surface area (TPSA) is 59.6 Å². The maximum absolute atomic E-state index is 13.2. The summed E-state index contributed by atoms with van der Waals surface area (Å²) in [6.07, 6.45) is 3.14. The van der Waals surface area contributed by atoms with Crippen LogP contribution in [0.2, 0.25) is 0 Å². The number of hydrogen-bond donors (Lipinski definition) is 2. The minimum atomic E-state index is -1.28. The molecule has 2 N–H and O–H groups in total. The fraction of sp³-hybridized carbons (Fsp3) is 0.400. The van der Waals surface area contributed by atoms with Gasteiger partial charge in [-0.25, -0.2) is 0 Å². The molecular weight excluding hydrogens is 374 g/mol. The van der Waals surface area contributed by atoms with Crippen molar-refractivity contribution in [3.05, 3.63) is 71.4 Å². The summed E-state index contributed by atoms with van der Waals surface area (Å²) in [4.78, 5) is 20.8. The third-order valence-corrected chi connectivity index (χ3v) is 6.66. The van der Waals surface area contributed by atoms with Crippen molar-refractivity contribution in [3.63, 3.8) is 0 Å². The average Bonchev–Trinajstić information content (AvgIpc) is 3.14. The Balaban J connectivity index is 1.27. The lowest BCUT2D eigenvalue weighted by molar-refractivity contribution is -0.159. The predicted molar refractivity (Wildman–Crippen MR) is 118 cm³/mol. The molecule has 30 heavy (non-hydrogen) atoms. The van der Waals surface area contributed by atoms with Crippen LogP contribution in [0, 0.1) is 0 Å². The molecule has 3 heterocycles. The van der Waals surface area contributed by atoms with E-state index < -0.39 is 5.60 Å². The van der Waals surface area contributed by atoms with E-state index in [4.69, 9.17) is 0 Å². The second-order valence-electron chi connectivity index (χ2n) is 8.75. The number of nitrogens with one attached hydrogen (secondary N) is 1. The maximum Gasteiger partial charge on any atom is 0.255 e. The third kappa shape index (κ3) is 3.64. The maximum atomic E-state index is 13.2. The highest BCUT2D eigenvalue weighted by atomic mass is 16.3. The van der Waals surface area contributed by atoms with Crippen LogP contribution in [0.3, 0.4) is 0 Å². The van der Waals surface area contributed by atoms with Crippen molar-refractivity contribution < 1.29 is 9.90 Å². The second kappa shape index (κ2) is 7.89. The van der Waals surface area contributed by atoms with E-state index in [0.717, 1.165) is 38.9 Å². The average molecular weight is 404 g/mol. The van der Waals surface area contributed by atoms with Crippen molar-refractivity contribution in [1.82, 2.24) is 14.8 Å². The summed E-state index contributed by atoms with van der Waals surface area (Å²) < 4.78 is 0. The van der Waals surface area contributed by atoms with Crippen LogP contribution in [0.5, 0.6) is 0 Å². The molecule has 2 aromatic carbocycles. The van der Waals surface area contributed by atoms with Gasteiger partial charge in [-0.1, -0.05) is 48.5 Å². The molecule has 0 bridgehead atoms. The molecule has 5 rings (SSSR count). The molecule has 0 spiro atoms. The molecule has 0 aliphatic carbocycles. The summed E-state index contributed by atoms with van der Waals surface area (Å²) in [5.41, 5.74) is 3.72. The highest BCUT2D eigenvalue weighted by Gasteiger charge is 2.43.